The lowest BCUT2D eigenvalue weighted by Gasteiger charge is -2.07. The molecule has 0 atom stereocenters. The molecule has 0 aliphatic carbocycles. The van der Waals surface area contributed by atoms with Crippen LogP contribution in [0.4, 0.5) is 5.69 Å². The number of aryl methyl sites for hydroxylation is 1. The molecule has 100 valence electrons. The predicted molar refractivity (Wildman–Crippen MR) is 75.1 cm³/mol. The highest BCUT2D eigenvalue weighted by molar-refractivity contribution is 5.91. The summed E-state index contributed by atoms with van der Waals surface area (Å²) in [7, 11) is 0. The zero-order valence-electron chi connectivity index (χ0n) is 10.9. The molecule has 0 fully saturated rings. The summed E-state index contributed by atoms with van der Waals surface area (Å²) in [6.07, 6.45) is 3.32. The number of hydrogen-bond acceptors (Lipinski definition) is 4. The maximum absolute atomic E-state index is 12.0. The number of rotatable bonds is 3. The number of pyridine rings is 1. The Morgan fingerprint density at radius 1 is 1.30 bits per heavy atom. The molecule has 1 N–H and O–H groups in total. The first kappa shape index (κ1) is 12.3. The fourth-order valence-electron chi connectivity index (χ4n) is 1.95. The lowest BCUT2D eigenvalue weighted by Crippen LogP contribution is -2.20. The summed E-state index contributed by atoms with van der Waals surface area (Å²) in [5, 5.41) is 10.8. The van der Waals surface area contributed by atoms with E-state index in [-0.39, 0.29) is 12.5 Å². The quantitative estimate of drug-likeness (QED) is 0.785. The van der Waals surface area contributed by atoms with Crippen molar-refractivity contribution in [1.29, 1.82) is 0 Å². The fourth-order valence-corrected chi connectivity index (χ4v) is 1.95. The van der Waals surface area contributed by atoms with Gasteiger partial charge in [-0.15, -0.1) is 5.10 Å². The molecule has 0 bridgehead atoms. The number of para-hydroxylation sites is 1. The molecule has 0 unspecified atom stereocenters. The van der Waals surface area contributed by atoms with Gasteiger partial charge in [0.05, 0.1) is 17.4 Å². The number of fused-ring (bicyclic) bond motifs is 1. The molecule has 0 saturated heterocycles. The molecule has 3 rings (SSSR count). The van der Waals surface area contributed by atoms with Gasteiger partial charge >= 0.3 is 0 Å². The van der Waals surface area contributed by atoms with E-state index in [1.54, 1.807) is 17.1 Å². The smallest absolute Gasteiger partial charge is 0.246 e. The highest BCUT2D eigenvalue weighted by Gasteiger charge is 2.09. The zero-order valence-corrected chi connectivity index (χ0v) is 10.9. The number of carbonyl (C=O) groups excluding carboxylic acids is 1. The maximum atomic E-state index is 12.0. The minimum Gasteiger partial charge on any atom is -0.323 e. The van der Waals surface area contributed by atoms with Crippen LogP contribution >= 0.6 is 0 Å². The monoisotopic (exact) mass is 267 g/mol. The fraction of sp³-hybridized carbons (Fsp3) is 0.143. The van der Waals surface area contributed by atoms with E-state index in [2.05, 4.69) is 20.6 Å². The second kappa shape index (κ2) is 5.08. The molecule has 3 aromatic rings. The van der Waals surface area contributed by atoms with E-state index in [9.17, 15) is 4.79 Å². The van der Waals surface area contributed by atoms with E-state index in [4.69, 9.17) is 0 Å². The SMILES string of the molecule is Cc1ccncc1NC(=O)Cn1nnc2ccccc21. The number of carbonyl (C=O) groups is 1. The first-order valence-electron chi connectivity index (χ1n) is 6.23. The van der Waals surface area contributed by atoms with Gasteiger partial charge in [-0.2, -0.15) is 0 Å². The molecule has 1 aromatic carbocycles. The van der Waals surface area contributed by atoms with Crippen molar-refractivity contribution in [2.24, 2.45) is 0 Å². The van der Waals surface area contributed by atoms with E-state index >= 15 is 0 Å². The van der Waals surface area contributed by atoms with E-state index in [1.165, 1.54) is 0 Å². The van der Waals surface area contributed by atoms with E-state index in [0.29, 0.717) is 5.69 Å². The van der Waals surface area contributed by atoms with Crippen LogP contribution in [0, 0.1) is 6.92 Å². The third kappa shape index (κ3) is 2.35. The van der Waals surface area contributed by atoms with Crippen LogP contribution in [0.1, 0.15) is 5.56 Å². The highest BCUT2D eigenvalue weighted by atomic mass is 16.2. The molecule has 2 aromatic heterocycles. The van der Waals surface area contributed by atoms with Crippen LogP contribution < -0.4 is 5.32 Å². The normalized spacial score (nSPS) is 10.7. The molecular weight excluding hydrogens is 254 g/mol. The molecule has 20 heavy (non-hydrogen) atoms. The van der Waals surface area contributed by atoms with Gasteiger partial charge < -0.3 is 5.32 Å². The minimum atomic E-state index is -0.156. The van der Waals surface area contributed by atoms with Crippen molar-refractivity contribution >= 4 is 22.6 Å². The number of benzene rings is 1. The van der Waals surface area contributed by atoms with Gasteiger partial charge in [-0.25, -0.2) is 4.68 Å². The van der Waals surface area contributed by atoms with E-state index in [0.717, 1.165) is 16.6 Å². The van der Waals surface area contributed by atoms with Gasteiger partial charge in [0, 0.05) is 6.20 Å². The molecule has 6 heteroatoms. The van der Waals surface area contributed by atoms with Crippen molar-refractivity contribution in [2.75, 3.05) is 5.32 Å². The summed E-state index contributed by atoms with van der Waals surface area (Å²) in [6, 6.07) is 9.38. The van der Waals surface area contributed by atoms with Crippen LogP contribution in [0.3, 0.4) is 0 Å². The van der Waals surface area contributed by atoms with Crippen molar-refractivity contribution in [1.82, 2.24) is 20.0 Å². The predicted octanol–water partition coefficient (Wildman–Crippen LogP) is 1.77. The summed E-state index contributed by atoms with van der Waals surface area (Å²) in [5.41, 5.74) is 3.29. The Morgan fingerprint density at radius 2 is 2.15 bits per heavy atom. The third-order valence-corrected chi connectivity index (χ3v) is 3.03. The summed E-state index contributed by atoms with van der Waals surface area (Å²) >= 11 is 0. The Morgan fingerprint density at radius 3 is 3.00 bits per heavy atom. The van der Waals surface area contributed by atoms with Gasteiger partial charge in [0.15, 0.2) is 0 Å². The molecule has 0 saturated carbocycles. The largest absolute Gasteiger partial charge is 0.323 e. The number of amides is 1. The lowest BCUT2D eigenvalue weighted by atomic mass is 10.2. The second-order valence-corrected chi connectivity index (χ2v) is 4.47. The lowest BCUT2D eigenvalue weighted by molar-refractivity contribution is -0.116. The molecule has 2 heterocycles. The van der Waals surface area contributed by atoms with E-state index in [1.807, 2.05) is 37.3 Å². The van der Waals surface area contributed by atoms with Gasteiger partial charge in [-0.3, -0.25) is 9.78 Å². The van der Waals surface area contributed by atoms with Crippen LogP contribution in [-0.2, 0) is 11.3 Å². The zero-order chi connectivity index (χ0) is 13.9. The minimum absolute atomic E-state index is 0.120. The Labute approximate surface area is 115 Å². The number of nitrogens with zero attached hydrogens (tertiary/aromatic N) is 4. The number of nitrogens with one attached hydrogen (secondary N) is 1. The first-order valence-corrected chi connectivity index (χ1v) is 6.23. The van der Waals surface area contributed by atoms with Crippen LogP contribution in [-0.4, -0.2) is 25.9 Å². The highest BCUT2D eigenvalue weighted by Crippen LogP contribution is 2.12. The van der Waals surface area contributed by atoms with Gasteiger partial charge in [0.2, 0.25) is 5.91 Å². The second-order valence-electron chi connectivity index (χ2n) is 4.47. The van der Waals surface area contributed by atoms with Crippen molar-refractivity contribution in [3.63, 3.8) is 0 Å². The number of hydrogen-bond donors (Lipinski definition) is 1. The summed E-state index contributed by atoms with van der Waals surface area (Å²) in [4.78, 5) is 16.0. The Kier molecular flexibility index (Phi) is 3.12. The molecule has 0 aliphatic rings. The molecule has 0 radical (unpaired) electrons. The van der Waals surface area contributed by atoms with Gasteiger partial charge in [0.1, 0.15) is 12.1 Å². The summed E-state index contributed by atoms with van der Waals surface area (Å²) in [5.74, 6) is -0.156. The standard InChI is InChI=1S/C14H13N5O/c1-10-6-7-15-8-12(10)16-14(20)9-19-13-5-3-2-4-11(13)17-18-19/h2-8H,9H2,1H3,(H,16,20). The van der Waals surface area contributed by atoms with Crippen molar-refractivity contribution in [3.8, 4) is 0 Å². The van der Waals surface area contributed by atoms with Crippen molar-refractivity contribution < 1.29 is 4.79 Å². The van der Waals surface area contributed by atoms with Gasteiger partial charge in [-0.05, 0) is 30.7 Å². The topological polar surface area (TPSA) is 72.7 Å². The van der Waals surface area contributed by atoms with Gasteiger partial charge in [-0.1, -0.05) is 17.3 Å². The first-order chi connectivity index (χ1) is 9.74. The maximum Gasteiger partial charge on any atom is 0.246 e. The van der Waals surface area contributed by atoms with Crippen LogP contribution in [0.25, 0.3) is 11.0 Å². The van der Waals surface area contributed by atoms with Crippen LogP contribution in [0.5, 0.6) is 0 Å². The summed E-state index contributed by atoms with van der Waals surface area (Å²) in [6.45, 7) is 2.04. The summed E-state index contributed by atoms with van der Waals surface area (Å²) < 4.78 is 1.58. The Bertz CT molecular complexity index is 765. The van der Waals surface area contributed by atoms with Crippen molar-refractivity contribution in [3.05, 3.63) is 48.3 Å². The average Bonchev–Trinajstić information content (AvgIpc) is 2.85. The molecule has 0 spiro atoms. The third-order valence-electron chi connectivity index (χ3n) is 3.03. The molecular formula is C14H13N5O. The van der Waals surface area contributed by atoms with E-state index < -0.39 is 0 Å². The number of anilines is 1. The average molecular weight is 267 g/mol. The van der Waals surface area contributed by atoms with Crippen LogP contribution in [0.15, 0.2) is 42.7 Å². The number of aromatic nitrogens is 4. The molecule has 6 nitrogen and oxygen atoms in total. The van der Waals surface area contributed by atoms with Crippen LogP contribution in [0.2, 0.25) is 0 Å². The van der Waals surface area contributed by atoms with Crippen molar-refractivity contribution in [2.45, 2.75) is 13.5 Å². The molecule has 0 aliphatic heterocycles. The van der Waals surface area contributed by atoms with Gasteiger partial charge in [0.25, 0.3) is 0 Å². The Balaban J connectivity index is 1.78. The molecule has 1 amide bonds. The Hall–Kier alpha value is -2.76.